The number of primary sulfonamides is 1. The molecule has 3 aromatic rings. The molecular formula is C18H16IN3O5S2. The molecule has 1 aromatic heterocycles. The van der Waals surface area contributed by atoms with Crippen LogP contribution in [0.1, 0.15) is 17.3 Å². The summed E-state index contributed by atoms with van der Waals surface area (Å²) in [6.07, 6.45) is 0. The minimum atomic E-state index is -3.89. The number of hydrogen-bond donors (Lipinski definition) is 1. The normalized spacial score (nSPS) is 12.3. The van der Waals surface area contributed by atoms with Crippen LogP contribution >= 0.6 is 33.9 Å². The van der Waals surface area contributed by atoms with Crippen molar-refractivity contribution in [3.63, 3.8) is 0 Å². The zero-order chi connectivity index (χ0) is 21.2. The van der Waals surface area contributed by atoms with E-state index in [0.717, 1.165) is 14.9 Å². The summed E-state index contributed by atoms with van der Waals surface area (Å²) in [7, 11) is -3.89. The van der Waals surface area contributed by atoms with Crippen LogP contribution in [0.15, 0.2) is 52.4 Å². The molecule has 0 aliphatic rings. The minimum absolute atomic E-state index is 0.0648. The van der Waals surface area contributed by atoms with E-state index < -0.39 is 21.9 Å². The fourth-order valence-electron chi connectivity index (χ4n) is 2.59. The Hall–Kier alpha value is -2.09. The first-order chi connectivity index (χ1) is 13.7. The molecule has 8 nitrogen and oxygen atoms in total. The number of thiazole rings is 1. The van der Waals surface area contributed by atoms with E-state index in [2.05, 4.69) is 4.99 Å². The Morgan fingerprint density at radius 3 is 2.62 bits per heavy atom. The number of rotatable bonds is 5. The van der Waals surface area contributed by atoms with Gasteiger partial charge in [0.2, 0.25) is 10.0 Å². The summed E-state index contributed by atoms with van der Waals surface area (Å²) in [5.74, 6) is -0.961. The zero-order valence-electron chi connectivity index (χ0n) is 15.2. The number of carbonyl (C=O) groups is 2. The second-order valence-electron chi connectivity index (χ2n) is 5.85. The molecular weight excluding hydrogens is 529 g/mol. The molecule has 1 heterocycles. The van der Waals surface area contributed by atoms with Crippen LogP contribution in [0.5, 0.6) is 0 Å². The fraction of sp³-hybridized carbons (Fsp3) is 0.167. The number of nitrogens with two attached hydrogens (primary N) is 1. The molecule has 0 bridgehead atoms. The number of benzene rings is 2. The molecule has 0 spiro atoms. The smallest absolute Gasteiger partial charge is 0.326 e. The largest absolute Gasteiger partial charge is 0.465 e. The first kappa shape index (κ1) is 21.6. The number of fused-ring (bicyclic) bond motifs is 1. The molecule has 1 amide bonds. The molecule has 2 aromatic carbocycles. The second kappa shape index (κ2) is 8.73. The van der Waals surface area contributed by atoms with E-state index in [9.17, 15) is 18.0 Å². The summed E-state index contributed by atoms with van der Waals surface area (Å²) in [5, 5.41) is 5.20. The zero-order valence-corrected chi connectivity index (χ0v) is 19.0. The van der Waals surface area contributed by atoms with Gasteiger partial charge in [-0.15, -0.1) is 0 Å². The van der Waals surface area contributed by atoms with Crippen LogP contribution in [0.25, 0.3) is 10.2 Å². The van der Waals surface area contributed by atoms with Crippen molar-refractivity contribution in [1.82, 2.24) is 4.57 Å². The highest BCUT2D eigenvalue weighted by Crippen LogP contribution is 2.22. The summed E-state index contributed by atoms with van der Waals surface area (Å²) < 4.78 is 31.1. The number of aromatic nitrogens is 1. The van der Waals surface area contributed by atoms with E-state index in [1.807, 2.05) is 28.7 Å². The summed E-state index contributed by atoms with van der Waals surface area (Å²) in [6.45, 7) is 1.74. The van der Waals surface area contributed by atoms with Crippen molar-refractivity contribution in [3.8, 4) is 0 Å². The van der Waals surface area contributed by atoms with Crippen LogP contribution in [-0.4, -0.2) is 31.5 Å². The Kier molecular flexibility index (Phi) is 6.51. The van der Waals surface area contributed by atoms with Crippen molar-refractivity contribution in [3.05, 3.63) is 56.4 Å². The average molecular weight is 545 g/mol. The van der Waals surface area contributed by atoms with Crippen molar-refractivity contribution in [2.24, 2.45) is 10.1 Å². The third kappa shape index (κ3) is 4.91. The summed E-state index contributed by atoms with van der Waals surface area (Å²) >= 11 is 3.13. The van der Waals surface area contributed by atoms with E-state index in [0.29, 0.717) is 15.8 Å². The van der Waals surface area contributed by atoms with Gasteiger partial charge in [-0.2, -0.15) is 4.99 Å². The number of amides is 1. The quantitative estimate of drug-likeness (QED) is 0.390. The predicted molar refractivity (Wildman–Crippen MR) is 117 cm³/mol. The molecule has 0 atom stereocenters. The number of sulfonamides is 1. The van der Waals surface area contributed by atoms with Gasteiger partial charge in [-0.3, -0.25) is 9.59 Å². The van der Waals surface area contributed by atoms with Gasteiger partial charge in [0.15, 0.2) is 4.80 Å². The molecule has 0 fully saturated rings. The highest BCUT2D eigenvalue weighted by molar-refractivity contribution is 14.1. The number of esters is 1. The SMILES string of the molecule is CCOC(=O)Cn1c(=NC(=O)c2ccccc2I)sc2cc(S(N)(=O)=O)ccc21. The monoisotopic (exact) mass is 545 g/mol. The van der Waals surface area contributed by atoms with Gasteiger partial charge < -0.3 is 9.30 Å². The third-order valence-corrected chi connectivity index (χ3v) is 6.77. The van der Waals surface area contributed by atoms with Gasteiger partial charge in [-0.25, -0.2) is 13.6 Å². The van der Waals surface area contributed by atoms with Crippen molar-refractivity contribution in [2.45, 2.75) is 18.4 Å². The summed E-state index contributed by atoms with van der Waals surface area (Å²) in [4.78, 5) is 29.1. The van der Waals surface area contributed by atoms with Crippen LogP contribution in [0, 0.1) is 3.57 Å². The van der Waals surface area contributed by atoms with Gasteiger partial charge in [0, 0.05) is 3.57 Å². The molecule has 3 rings (SSSR count). The molecule has 0 radical (unpaired) electrons. The topological polar surface area (TPSA) is 121 Å². The fourth-order valence-corrected chi connectivity index (χ4v) is 4.89. The Morgan fingerprint density at radius 1 is 1.24 bits per heavy atom. The number of hydrogen-bond acceptors (Lipinski definition) is 6. The van der Waals surface area contributed by atoms with Crippen LogP contribution < -0.4 is 9.94 Å². The number of halogens is 1. The predicted octanol–water partition coefficient (Wildman–Crippen LogP) is 2.26. The van der Waals surface area contributed by atoms with E-state index in [1.165, 1.54) is 22.8 Å². The third-order valence-electron chi connectivity index (χ3n) is 3.88. The Labute approximate surface area is 184 Å². The van der Waals surface area contributed by atoms with Gasteiger partial charge in [0.1, 0.15) is 6.54 Å². The molecule has 0 aliphatic carbocycles. The average Bonchev–Trinajstić information content (AvgIpc) is 2.98. The lowest BCUT2D eigenvalue weighted by Gasteiger charge is -2.05. The summed E-state index contributed by atoms with van der Waals surface area (Å²) in [6, 6.07) is 11.3. The van der Waals surface area contributed by atoms with Gasteiger partial charge in [-0.05, 0) is 59.8 Å². The second-order valence-corrected chi connectivity index (χ2v) is 9.58. The van der Waals surface area contributed by atoms with Gasteiger partial charge in [0.05, 0.1) is 27.3 Å². The Bertz CT molecular complexity index is 1280. The van der Waals surface area contributed by atoms with Crippen LogP contribution in [-0.2, 0) is 26.1 Å². The minimum Gasteiger partial charge on any atom is -0.465 e. The standard InChI is InChI=1S/C18H16IN3O5S2/c1-2-27-16(23)10-22-14-8-7-11(29(20,25)26)9-15(14)28-18(22)21-17(24)12-5-3-4-6-13(12)19/h3-9H,2,10H2,1H3,(H2,20,25,26). The van der Waals surface area contributed by atoms with E-state index >= 15 is 0 Å². The molecule has 0 aliphatic heterocycles. The van der Waals surface area contributed by atoms with Gasteiger partial charge in [-0.1, -0.05) is 23.5 Å². The lowest BCUT2D eigenvalue weighted by molar-refractivity contribution is -0.143. The van der Waals surface area contributed by atoms with Crippen molar-refractivity contribution in [1.29, 1.82) is 0 Å². The maximum Gasteiger partial charge on any atom is 0.326 e. The Morgan fingerprint density at radius 2 is 1.97 bits per heavy atom. The number of nitrogens with zero attached hydrogens (tertiary/aromatic N) is 2. The van der Waals surface area contributed by atoms with Gasteiger partial charge in [0.25, 0.3) is 5.91 Å². The molecule has 11 heteroatoms. The lowest BCUT2D eigenvalue weighted by Crippen LogP contribution is -2.23. The summed E-state index contributed by atoms with van der Waals surface area (Å²) in [5.41, 5.74) is 0.975. The van der Waals surface area contributed by atoms with Crippen LogP contribution in [0.3, 0.4) is 0 Å². The molecule has 0 saturated heterocycles. The number of carbonyl (C=O) groups excluding carboxylic acids is 2. The Balaban J connectivity index is 2.19. The number of ether oxygens (including phenoxy) is 1. The highest BCUT2D eigenvalue weighted by atomic mass is 127. The molecule has 29 heavy (non-hydrogen) atoms. The molecule has 152 valence electrons. The highest BCUT2D eigenvalue weighted by Gasteiger charge is 2.16. The van der Waals surface area contributed by atoms with E-state index in [1.54, 1.807) is 25.1 Å². The van der Waals surface area contributed by atoms with E-state index in [-0.39, 0.29) is 22.8 Å². The maximum atomic E-state index is 12.7. The van der Waals surface area contributed by atoms with Gasteiger partial charge >= 0.3 is 5.97 Å². The molecule has 0 saturated carbocycles. The van der Waals surface area contributed by atoms with Crippen molar-refractivity contribution in [2.75, 3.05) is 6.61 Å². The van der Waals surface area contributed by atoms with E-state index in [4.69, 9.17) is 9.88 Å². The maximum absolute atomic E-state index is 12.7. The van der Waals surface area contributed by atoms with Crippen molar-refractivity contribution < 1.29 is 22.7 Å². The first-order valence-electron chi connectivity index (χ1n) is 8.36. The van der Waals surface area contributed by atoms with Crippen LogP contribution in [0.4, 0.5) is 0 Å². The van der Waals surface area contributed by atoms with Crippen LogP contribution in [0.2, 0.25) is 0 Å². The molecule has 2 N–H and O–H groups in total. The first-order valence-corrected chi connectivity index (χ1v) is 11.8. The van der Waals surface area contributed by atoms with Crippen molar-refractivity contribution >= 4 is 66.0 Å². The lowest BCUT2D eigenvalue weighted by atomic mass is 10.2. The molecule has 0 unspecified atom stereocenters.